The highest BCUT2D eigenvalue weighted by Gasteiger charge is 2.22. The average molecular weight is 282 g/mol. The molecule has 5 heteroatoms. The first-order chi connectivity index (χ1) is 10.1. The highest BCUT2D eigenvalue weighted by molar-refractivity contribution is 6.03. The number of hydrogen-bond acceptors (Lipinski definition) is 4. The Morgan fingerprint density at radius 2 is 2.00 bits per heavy atom. The number of hydrogen-bond donors (Lipinski definition) is 2. The molecule has 1 amide bonds. The average Bonchev–Trinajstić information content (AvgIpc) is 3.27. The second kappa shape index (κ2) is 5.52. The molecule has 0 unspecified atom stereocenters. The van der Waals surface area contributed by atoms with Crippen LogP contribution in [-0.4, -0.2) is 21.9 Å². The van der Waals surface area contributed by atoms with Crippen LogP contribution < -0.4 is 10.6 Å². The van der Waals surface area contributed by atoms with Gasteiger partial charge in [-0.25, -0.2) is 9.97 Å². The summed E-state index contributed by atoms with van der Waals surface area (Å²) in [6.45, 7) is 4.06. The van der Waals surface area contributed by atoms with Gasteiger partial charge in [0.2, 0.25) is 5.95 Å². The lowest BCUT2D eigenvalue weighted by Gasteiger charge is -2.08. The van der Waals surface area contributed by atoms with Gasteiger partial charge in [-0.15, -0.1) is 0 Å². The van der Waals surface area contributed by atoms with Gasteiger partial charge in [-0.2, -0.15) is 0 Å². The van der Waals surface area contributed by atoms with Crippen molar-refractivity contribution in [3.05, 3.63) is 47.3 Å². The van der Waals surface area contributed by atoms with Crippen molar-refractivity contribution in [1.29, 1.82) is 0 Å². The molecule has 1 aliphatic carbocycles. The predicted molar refractivity (Wildman–Crippen MR) is 82.5 cm³/mol. The Hall–Kier alpha value is -2.43. The van der Waals surface area contributed by atoms with Crippen molar-refractivity contribution < 1.29 is 4.79 Å². The number of benzene rings is 1. The van der Waals surface area contributed by atoms with E-state index in [1.807, 2.05) is 32.0 Å². The molecule has 0 aliphatic heterocycles. The Labute approximate surface area is 123 Å². The van der Waals surface area contributed by atoms with Gasteiger partial charge in [0.25, 0.3) is 5.91 Å². The second-order valence-electron chi connectivity index (χ2n) is 5.44. The summed E-state index contributed by atoms with van der Waals surface area (Å²) in [6, 6.07) is 7.92. The smallest absolute Gasteiger partial charge is 0.274 e. The lowest BCUT2D eigenvalue weighted by Crippen LogP contribution is -2.16. The molecule has 108 valence electrons. The molecule has 1 fully saturated rings. The zero-order valence-corrected chi connectivity index (χ0v) is 12.2. The number of carbonyl (C=O) groups excluding carboxylic acids is 1. The maximum Gasteiger partial charge on any atom is 0.274 e. The van der Waals surface area contributed by atoms with Crippen LogP contribution in [0.15, 0.2) is 30.5 Å². The van der Waals surface area contributed by atoms with Crippen molar-refractivity contribution in [1.82, 2.24) is 9.97 Å². The van der Waals surface area contributed by atoms with Crippen LogP contribution in [0.4, 0.5) is 11.6 Å². The summed E-state index contributed by atoms with van der Waals surface area (Å²) in [5, 5.41) is 6.05. The Morgan fingerprint density at radius 3 is 2.71 bits per heavy atom. The van der Waals surface area contributed by atoms with Gasteiger partial charge < -0.3 is 10.6 Å². The number of aryl methyl sites for hydroxylation is 2. The monoisotopic (exact) mass is 282 g/mol. The number of nitrogens with zero attached hydrogens (tertiary/aromatic N) is 2. The van der Waals surface area contributed by atoms with Gasteiger partial charge in [-0.05, 0) is 56.0 Å². The quantitative estimate of drug-likeness (QED) is 0.904. The Balaban J connectivity index is 1.73. The molecule has 1 aromatic carbocycles. The molecule has 0 bridgehead atoms. The van der Waals surface area contributed by atoms with E-state index in [0.29, 0.717) is 17.7 Å². The van der Waals surface area contributed by atoms with Crippen LogP contribution in [0.1, 0.15) is 34.5 Å². The largest absolute Gasteiger partial charge is 0.351 e. The molecule has 2 aromatic rings. The van der Waals surface area contributed by atoms with Crippen molar-refractivity contribution in [2.45, 2.75) is 32.7 Å². The highest BCUT2D eigenvalue weighted by atomic mass is 16.1. The molecular weight excluding hydrogens is 264 g/mol. The molecule has 0 radical (unpaired) electrons. The Kier molecular flexibility index (Phi) is 3.56. The van der Waals surface area contributed by atoms with E-state index in [9.17, 15) is 4.79 Å². The van der Waals surface area contributed by atoms with Crippen LogP contribution in [0.5, 0.6) is 0 Å². The van der Waals surface area contributed by atoms with Crippen LogP contribution in [0.2, 0.25) is 0 Å². The van der Waals surface area contributed by atoms with Crippen molar-refractivity contribution in [3.63, 3.8) is 0 Å². The minimum atomic E-state index is -0.223. The third kappa shape index (κ3) is 3.37. The van der Waals surface area contributed by atoms with E-state index in [-0.39, 0.29) is 5.91 Å². The fourth-order valence-corrected chi connectivity index (χ4v) is 1.98. The summed E-state index contributed by atoms with van der Waals surface area (Å²) in [7, 11) is 0. The van der Waals surface area contributed by atoms with Crippen molar-refractivity contribution >= 4 is 17.5 Å². The molecule has 0 atom stereocenters. The zero-order chi connectivity index (χ0) is 14.8. The van der Waals surface area contributed by atoms with E-state index >= 15 is 0 Å². The van der Waals surface area contributed by atoms with Gasteiger partial charge in [-0.1, -0.05) is 6.07 Å². The van der Waals surface area contributed by atoms with E-state index in [1.165, 1.54) is 5.56 Å². The first kappa shape index (κ1) is 13.5. The van der Waals surface area contributed by atoms with Crippen LogP contribution >= 0.6 is 0 Å². The predicted octanol–water partition coefficient (Wildman–Crippen LogP) is 2.92. The lowest BCUT2D eigenvalue weighted by atomic mass is 10.1. The zero-order valence-electron chi connectivity index (χ0n) is 12.2. The van der Waals surface area contributed by atoms with Crippen LogP contribution in [0.3, 0.4) is 0 Å². The minimum absolute atomic E-state index is 0.223. The minimum Gasteiger partial charge on any atom is -0.351 e. The van der Waals surface area contributed by atoms with E-state index in [2.05, 4.69) is 20.6 Å². The molecule has 0 saturated heterocycles. The van der Waals surface area contributed by atoms with Gasteiger partial charge in [0, 0.05) is 17.9 Å². The number of amides is 1. The number of anilines is 2. The van der Waals surface area contributed by atoms with Gasteiger partial charge in [0.05, 0.1) is 0 Å². The fraction of sp³-hybridized carbons (Fsp3) is 0.312. The normalized spacial score (nSPS) is 13.8. The van der Waals surface area contributed by atoms with Crippen molar-refractivity contribution in [2.24, 2.45) is 0 Å². The summed E-state index contributed by atoms with van der Waals surface area (Å²) >= 11 is 0. The number of carbonyl (C=O) groups is 1. The Bertz CT molecular complexity index is 680. The molecule has 3 rings (SSSR count). The topological polar surface area (TPSA) is 66.9 Å². The fourth-order valence-electron chi connectivity index (χ4n) is 1.98. The van der Waals surface area contributed by atoms with Crippen LogP contribution in [0, 0.1) is 13.8 Å². The molecular formula is C16H18N4O. The lowest BCUT2D eigenvalue weighted by molar-refractivity contribution is 0.102. The molecule has 21 heavy (non-hydrogen) atoms. The highest BCUT2D eigenvalue weighted by Crippen LogP contribution is 2.22. The molecule has 5 nitrogen and oxygen atoms in total. The number of nitrogens with one attached hydrogen (secondary N) is 2. The molecule has 2 N–H and O–H groups in total. The Morgan fingerprint density at radius 1 is 1.19 bits per heavy atom. The summed E-state index contributed by atoms with van der Waals surface area (Å²) in [4.78, 5) is 20.6. The number of aromatic nitrogens is 2. The van der Waals surface area contributed by atoms with Crippen molar-refractivity contribution in [3.8, 4) is 0 Å². The van der Waals surface area contributed by atoms with E-state index in [1.54, 1.807) is 12.3 Å². The van der Waals surface area contributed by atoms with E-state index < -0.39 is 0 Å². The molecule has 1 aliphatic rings. The third-order valence-corrected chi connectivity index (χ3v) is 3.56. The summed E-state index contributed by atoms with van der Waals surface area (Å²) in [5.41, 5.74) is 3.49. The molecule has 0 spiro atoms. The van der Waals surface area contributed by atoms with E-state index in [4.69, 9.17) is 0 Å². The second-order valence-corrected chi connectivity index (χ2v) is 5.44. The molecule has 1 aromatic heterocycles. The molecule has 1 heterocycles. The molecule has 1 saturated carbocycles. The van der Waals surface area contributed by atoms with Crippen molar-refractivity contribution in [2.75, 3.05) is 10.6 Å². The van der Waals surface area contributed by atoms with E-state index in [0.717, 1.165) is 24.1 Å². The first-order valence-corrected chi connectivity index (χ1v) is 7.10. The van der Waals surface area contributed by atoms with Gasteiger partial charge in [0.15, 0.2) is 0 Å². The first-order valence-electron chi connectivity index (χ1n) is 7.10. The van der Waals surface area contributed by atoms with Gasteiger partial charge in [-0.3, -0.25) is 4.79 Å². The van der Waals surface area contributed by atoms with Crippen LogP contribution in [-0.2, 0) is 0 Å². The summed E-state index contributed by atoms with van der Waals surface area (Å²) in [6.07, 6.45) is 3.89. The van der Waals surface area contributed by atoms with Gasteiger partial charge in [0.1, 0.15) is 5.69 Å². The SMILES string of the molecule is Cc1ccc(NC(=O)c2ccnc(NC3CC3)n2)cc1C. The summed E-state index contributed by atoms with van der Waals surface area (Å²) < 4.78 is 0. The van der Waals surface area contributed by atoms with Crippen LogP contribution in [0.25, 0.3) is 0 Å². The van der Waals surface area contributed by atoms with Gasteiger partial charge >= 0.3 is 0 Å². The maximum absolute atomic E-state index is 12.2. The third-order valence-electron chi connectivity index (χ3n) is 3.56. The number of rotatable bonds is 4. The maximum atomic E-state index is 12.2. The standard InChI is InChI=1S/C16H18N4O/c1-10-3-4-13(9-11(10)2)18-15(21)14-7-8-17-16(20-14)19-12-5-6-12/h3-4,7-9,12H,5-6H2,1-2H3,(H,18,21)(H,17,19,20). The summed E-state index contributed by atoms with van der Waals surface area (Å²) in [5.74, 6) is 0.296.